The number of para-hydroxylation sites is 1. The zero-order valence-electron chi connectivity index (χ0n) is 14.9. The zero-order valence-corrected chi connectivity index (χ0v) is 15.7. The summed E-state index contributed by atoms with van der Waals surface area (Å²) < 4.78 is 10.4. The number of nitrogens with zero attached hydrogens (tertiary/aromatic N) is 1. The molecule has 9 heteroatoms. The quantitative estimate of drug-likeness (QED) is 0.325. The molecule has 8 nitrogen and oxygen atoms in total. The molecular weight excluding hydrogens is 370 g/mol. The number of nitrogens with one attached hydrogen (secondary N) is 2. The Morgan fingerprint density at radius 1 is 1.22 bits per heavy atom. The van der Waals surface area contributed by atoms with Crippen LogP contribution in [0.4, 0.5) is 11.4 Å². The average molecular weight is 389 g/mol. The van der Waals surface area contributed by atoms with Crippen LogP contribution in [0.5, 0.6) is 5.75 Å². The third-order valence-electron chi connectivity index (χ3n) is 3.50. The van der Waals surface area contributed by atoms with Crippen molar-refractivity contribution in [3.8, 4) is 5.75 Å². The van der Waals surface area contributed by atoms with Crippen LogP contribution >= 0.6 is 12.2 Å². The van der Waals surface area contributed by atoms with Crippen LogP contribution in [-0.2, 0) is 4.74 Å². The highest BCUT2D eigenvalue weighted by Gasteiger charge is 2.17. The minimum absolute atomic E-state index is 0.0568. The Bertz CT molecular complexity index is 857. The number of rotatable bonds is 7. The number of anilines is 1. The van der Waals surface area contributed by atoms with Crippen molar-refractivity contribution < 1.29 is 19.2 Å². The molecule has 142 valence electrons. The maximum Gasteiger partial charge on any atom is 0.292 e. The van der Waals surface area contributed by atoms with Crippen LogP contribution in [0, 0.1) is 17.0 Å². The Morgan fingerprint density at radius 2 is 1.96 bits per heavy atom. The number of amides is 1. The molecule has 2 aromatic carbocycles. The number of thiocarbonyl (C=S) groups is 1. The number of benzene rings is 2. The van der Waals surface area contributed by atoms with Gasteiger partial charge in [-0.15, -0.1) is 0 Å². The second-order valence-electron chi connectivity index (χ2n) is 5.52. The summed E-state index contributed by atoms with van der Waals surface area (Å²) in [4.78, 5) is 23.2. The Morgan fingerprint density at radius 3 is 2.67 bits per heavy atom. The maximum absolute atomic E-state index is 12.5. The third-order valence-corrected chi connectivity index (χ3v) is 3.71. The van der Waals surface area contributed by atoms with Crippen LogP contribution in [0.3, 0.4) is 0 Å². The van der Waals surface area contributed by atoms with Crippen molar-refractivity contribution in [2.75, 3.05) is 25.6 Å². The van der Waals surface area contributed by atoms with Crippen LogP contribution in [0.1, 0.15) is 15.9 Å². The van der Waals surface area contributed by atoms with Gasteiger partial charge in [0, 0.05) is 13.2 Å². The number of hydrogen-bond acceptors (Lipinski definition) is 6. The van der Waals surface area contributed by atoms with Crippen LogP contribution in [0.2, 0.25) is 0 Å². The van der Waals surface area contributed by atoms with Crippen molar-refractivity contribution >= 4 is 34.6 Å². The molecule has 0 unspecified atom stereocenters. The molecule has 0 bridgehead atoms. The second kappa shape index (κ2) is 9.60. The van der Waals surface area contributed by atoms with E-state index in [2.05, 4.69) is 10.6 Å². The molecular formula is C18H19N3O5S. The third kappa shape index (κ3) is 5.73. The van der Waals surface area contributed by atoms with Gasteiger partial charge in [0.25, 0.3) is 11.6 Å². The molecule has 0 heterocycles. The molecule has 2 rings (SSSR count). The molecule has 0 aromatic heterocycles. The smallest absolute Gasteiger partial charge is 0.292 e. The van der Waals surface area contributed by atoms with E-state index >= 15 is 0 Å². The summed E-state index contributed by atoms with van der Waals surface area (Å²) in [6.45, 7) is 2.42. The average Bonchev–Trinajstić information content (AvgIpc) is 2.63. The maximum atomic E-state index is 12.5. The minimum atomic E-state index is -0.515. The number of aryl methyl sites for hydroxylation is 1. The number of nitro benzene ring substituents is 1. The molecule has 2 aromatic rings. The molecule has 0 radical (unpaired) electrons. The molecule has 2 N–H and O–H groups in total. The van der Waals surface area contributed by atoms with E-state index in [1.54, 1.807) is 44.4 Å². The first-order valence-corrected chi connectivity index (χ1v) is 8.41. The number of carbonyl (C=O) groups excluding carboxylic acids is 1. The van der Waals surface area contributed by atoms with Crippen molar-refractivity contribution in [1.82, 2.24) is 5.32 Å². The summed E-state index contributed by atoms with van der Waals surface area (Å²) in [5, 5.41) is 16.3. The lowest BCUT2D eigenvalue weighted by Crippen LogP contribution is -2.34. The van der Waals surface area contributed by atoms with Gasteiger partial charge in [0.2, 0.25) is 0 Å². The predicted molar refractivity (Wildman–Crippen MR) is 105 cm³/mol. The number of methoxy groups -OCH3 is 1. The SMILES string of the molecule is COCCOc1ccccc1C(=O)NC(=S)Nc1ccc(C)cc1[N+](=O)[O-]. The minimum Gasteiger partial charge on any atom is -0.490 e. The molecule has 0 saturated heterocycles. The topological polar surface area (TPSA) is 103 Å². The molecule has 0 aliphatic rings. The lowest BCUT2D eigenvalue weighted by Gasteiger charge is -2.13. The van der Waals surface area contributed by atoms with Crippen LogP contribution in [0.15, 0.2) is 42.5 Å². The predicted octanol–water partition coefficient (Wildman–Crippen LogP) is 3.06. The number of carbonyl (C=O) groups is 1. The summed E-state index contributed by atoms with van der Waals surface area (Å²) in [7, 11) is 1.55. The van der Waals surface area contributed by atoms with Gasteiger partial charge in [-0.2, -0.15) is 0 Å². The highest BCUT2D eigenvalue weighted by atomic mass is 32.1. The summed E-state index contributed by atoms with van der Waals surface area (Å²) in [6.07, 6.45) is 0. The van der Waals surface area contributed by atoms with Crippen molar-refractivity contribution in [3.05, 3.63) is 63.7 Å². The van der Waals surface area contributed by atoms with Gasteiger partial charge in [0.1, 0.15) is 18.0 Å². The van der Waals surface area contributed by atoms with E-state index in [0.717, 1.165) is 5.56 Å². The Labute approximate surface area is 161 Å². The van der Waals surface area contributed by atoms with Gasteiger partial charge in [-0.3, -0.25) is 20.2 Å². The largest absolute Gasteiger partial charge is 0.490 e. The van der Waals surface area contributed by atoms with E-state index in [1.807, 2.05) is 0 Å². The Hall–Kier alpha value is -3.04. The molecule has 0 atom stereocenters. The van der Waals surface area contributed by atoms with Crippen LogP contribution in [0.25, 0.3) is 0 Å². The number of nitro groups is 1. The fourth-order valence-corrected chi connectivity index (χ4v) is 2.44. The fourth-order valence-electron chi connectivity index (χ4n) is 2.24. The van der Waals surface area contributed by atoms with E-state index < -0.39 is 10.8 Å². The first kappa shape index (κ1) is 20.3. The van der Waals surface area contributed by atoms with Crippen LogP contribution < -0.4 is 15.4 Å². The summed E-state index contributed by atoms with van der Waals surface area (Å²) in [5.74, 6) is -0.105. The fraction of sp³-hybridized carbons (Fsp3) is 0.222. The van der Waals surface area contributed by atoms with Gasteiger partial charge < -0.3 is 14.8 Å². The lowest BCUT2D eigenvalue weighted by molar-refractivity contribution is -0.383. The van der Waals surface area contributed by atoms with E-state index in [1.165, 1.54) is 12.1 Å². The van der Waals surface area contributed by atoms with Gasteiger partial charge in [-0.05, 0) is 42.9 Å². The van der Waals surface area contributed by atoms with E-state index in [4.69, 9.17) is 21.7 Å². The van der Waals surface area contributed by atoms with Gasteiger partial charge >= 0.3 is 0 Å². The Balaban J connectivity index is 2.09. The first-order valence-electron chi connectivity index (χ1n) is 8.00. The molecule has 0 aliphatic heterocycles. The number of ether oxygens (including phenoxy) is 2. The zero-order chi connectivity index (χ0) is 19.8. The van der Waals surface area contributed by atoms with Crippen molar-refractivity contribution in [2.24, 2.45) is 0 Å². The molecule has 0 aliphatic carbocycles. The van der Waals surface area contributed by atoms with Gasteiger partial charge in [0.05, 0.1) is 17.1 Å². The van der Waals surface area contributed by atoms with Gasteiger partial charge in [-0.1, -0.05) is 18.2 Å². The summed E-state index contributed by atoms with van der Waals surface area (Å²) in [6, 6.07) is 11.4. The van der Waals surface area contributed by atoms with E-state index in [0.29, 0.717) is 19.0 Å². The summed E-state index contributed by atoms with van der Waals surface area (Å²) in [5.41, 5.74) is 1.09. The van der Waals surface area contributed by atoms with E-state index in [9.17, 15) is 14.9 Å². The first-order chi connectivity index (χ1) is 12.9. The number of hydrogen-bond donors (Lipinski definition) is 2. The van der Waals surface area contributed by atoms with Gasteiger partial charge in [0.15, 0.2) is 5.11 Å². The normalized spacial score (nSPS) is 10.1. The summed E-state index contributed by atoms with van der Waals surface area (Å²) >= 11 is 5.11. The Kier molecular flexibility index (Phi) is 7.21. The molecule has 0 saturated carbocycles. The molecule has 27 heavy (non-hydrogen) atoms. The monoisotopic (exact) mass is 389 g/mol. The van der Waals surface area contributed by atoms with Crippen molar-refractivity contribution in [3.63, 3.8) is 0 Å². The molecule has 0 fully saturated rings. The highest BCUT2D eigenvalue weighted by Crippen LogP contribution is 2.25. The molecule has 1 amide bonds. The lowest BCUT2D eigenvalue weighted by atomic mass is 10.2. The second-order valence-corrected chi connectivity index (χ2v) is 5.93. The van der Waals surface area contributed by atoms with Crippen LogP contribution in [-0.4, -0.2) is 36.3 Å². The van der Waals surface area contributed by atoms with Gasteiger partial charge in [-0.25, -0.2) is 0 Å². The van der Waals surface area contributed by atoms with Crippen molar-refractivity contribution in [2.45, 2.75) is 6.92 Å². The standard InChI is InChI=1S/C18H19N3O5S/c1-12-7-8-14(15(11-12)21(23)24)19-18(27)20-17(22)13-5-3-4-6-16(13)26-10-9-25-2/h3-8,11H,9-10H2,1-2H3,(H2,19,20,22,27). The highest BCUT2D eigenvalue weighted by molar-refractivity contribution is 7.80. The van der Waals surface area contributed by atoms with Crippen molar-refractivity contribution in [1.29, 1.82) is 0 Å². The molecule has 0 spiro atoms. The van der Waals surface area contributed by atoms with E-state index in [-0.39, 0.29) is 22.1 Å².